The topological polar surface area (TPSA) is 41.1 Å². The molecule has 2 N–H and O–H groups in total. The highest BCUT2D eigenvalue weighted by molar-refractivity contribution is 6.31. The molecule has 3 nitrogen and oxygen atoms in total. The average molecular weight is 287 g/mol. The van der Waals surface area contributed by atoms with Gasteiger partial charge in [-0.1, -0.05) is 17.7 Å². The number of amides is 1. The summed E-state index contributed by atoms with van der Waals surface area (Å²) in [5.41, 5.74) is 0.826. The fourth-order valence-electron chi connectivity index (χ4n) is 1.76. The quantitative estimate of drug-likeness (QED) is 0.844. The summed E-state index contributed by atoms with van der Waals surface area (Å²) >= 11 is 5.98. The molecule has 19 heavy (non-hydrogen) atoms. The minimum Gasteiger partial charge on any atom is -0.354 e. The van der Waals surface area contributed by atoms with Crippen molar-refractivity contribution in [1.82, 2.24) is 10.6 Å². The van der Waals surface area contributed by atoms with Gasteiger partial charge in [-0.25, -0.2) is 4.39 Å². The second-order valence-corrected chi connectivity index (χ2v) is 5.22. The van der Waals surface area contributed by atoms with Gasteiger partial charge in [-0.3, -0.25) is 4.79 Å². The van der Waals surface area contributed by atoms with Crippen LogP contribution in [0.25, 0.3) is 0 Å². The van der Waals surface area contributed by atoms with Gasteiger partial charge in [0.15, 0.2) is 0 Å². The summed E-state index contributed by atoms with van der Waals surface area (Å²) < 4.78 is 12.9. The molecule has 0 saturated carbocycles. The lowest BCUT2D eigenvalue weighted by molar-refractivity contribution is -0.121. The van der Waals surface area contributed by atoms with Crippen molar-refractivity contribution < 1.29 is 9.18 Å². The number of hydrogen-bond donors (Lipinski definition) is 2. The van der Waals surface area contributed by atoms with E-state index in [-0.39, 0.29) is 23.8 Å². The van der Waals surface area contributed by atoms with Gasteiger partial charge < -0.3 is 10.6 Å². The summed E-state index contributed by atoms with van der Waals surface area (Å²) in [6, 6.07) is 4.45. The van der Waals surface area contributed by atoms with Gasteiger partial charge in [0.05, 0.1) is 0 Å². The molecule has 0 spiro atoms. The predicted molar refractivity (Wildman–Crippen MR) is 75.7 cm³/mol. The fourth-order valence-corrected chi connectivity index (χ4v) is 2.09. The van der Waals surface area contributed by atoms with Crippen molar-refractivity contribution in [3.05, 3.63) is 34.6 Å². The summed E-state index contributed by atoms with van der Waals surface area (Å²) in [6.07, 6.45) is 0.404. The van der Waals surface area contributed by atoms with Gasteiger partial charge in [0, 0.05) is 30.1 Å². The van der Waals surface area contributed by atoms with E-state index in [0.29, 0.717) is 18.0 Å². The normalized spacial score (nSPS) is 12.5. The molecule has 106 valence electrons. The van der Waals surface area contributed by atoms with Gasteiger partial charge in [-0.15, -0.1) is 0 Å². The van der Waals surface area contributed by atoms with Crippen molar-refractivity contribution >= 4 is 17.5 Å². The second-order valence-electron chi connectivity index (χ2n) is 4.81. The fraction of sp³-hybridized carbons (Fsp3) is 0.500. The molecule has 1 unspecified atom stereocenters. The third-order valence-corrected chi connectivity index (χ3v) is 3.01. The van der Waals surface area contributed by atoms with E-state index in [2.05, 4.69) is 10.6 Å². The zero-order valence-electron chi connectivity index (χ0n) is 11.5. The number of carbonyl (C=O) groups is 1. The molecule has 0 heterocycles. The Labute approximate surface area is 118 Å². The zero-order valence-corrected chi connectivity index (χ0v) is 12.2. The Kier molecular flexibility index (Phi) is 6.25. The summed E-state index contributed by atoms with van der Waals surface area (Å²) in [5, 5.41) is 6.41. The van der Waals surface area contributed by atoms with Crippen molar-refractivity contribution in [3.8, 4) is 0 Å². The van der Waals surface area contributed by atoms with E-state index < -0.39 is 0 Å². The smallest absolute Gasteiger partial charge is 0.221 e. The van der Waals surface area contributed by atoms with Gasteiger partial charge in [0.2, 0.25) is 5.91 Å². The largest absolute Gasteiger partial charge is 0.354 e. The third-order valence-electron chi connectivity index (χ3n) is 2.68. The maximum absolute atomic E-state index is 12.9. The maximum atomic E-state index is 12.9. The maximum Gasteiger partial charge on any atom is 0.221 e. The molecule has 0 aromatic heterocycles. The summed E-state index contributed by atoms with van der Waals surface area (Å²) in [7, 11) is 0. The van der Waals surface area contributed by atoms with Crippen LogP contribution in [0.5, 0.6) is 0 Å². The van der Waals surface area contributed by atoms with Crippen molar-refractivity contribution in [2.24, 2.45) is 0 Å². The lowest BCUT2D eigenvalue weighted by Crippen LogP contribution is -2.33. The van der Waals surface area contributed by atoms with Crippen LogP contribution in [-0.4, -0.2) is 18.5 Å². The number of benzene rings is 1. The molecule has 1 amide bonds. The minimum atomic E-state index is -0.350. The summed E-state index contributed by atoms with van der Waals surface area (Å²) in [6.45, 7) is 6.32. The Balaban J connectivity index is 2.43. The molecule has 0 bridgehead atoms. The molecule has 1 rings (SSSR count). The first-order valence-electron chi connectivity index (χ1n) is 6.38. The molecule has 0 aliphatic heterocycles. The highest BCUT2D eigenvalue weighted by atomic mass is 35.5. The number of nitrogens with one attached hydrogen (secondary N) is 2. The van der Waals surface area contributed by atoms with Crippen LogP contribution < -0.4 is 10.6 Å². The predicted octanol–water partition coefficient (Wildman–Crippen LogP) is 3.04. The van der Waals surface area contributed by atoms with Crippen LogP contribution >= 0.6 is 11.6 Å². The van der Waals surface area contributed by atoms with E-state index in [0.717, 1.165) is 5.56 Å². The number of halogens is 2. The Hall–Kier alpha value is -1.13. The van der Waals surface area contributed by atoms with Gasteiger partial charge in [-0.2, -0.15) is 0 Å². The van der Waals surface area contributed by atoms with E-state index in [9.17, 15) is 9.18 Å². The molecule has 5 heteroatoms. The van der Waals surface area contributed by atoms with Crippen molar-refractivity contribution in [2.75, 3.05) is 6.54 Å². The molecule has 0 fully saturated rings. The molecular formula is C14H20ClFN2O. The summed E-state index contributed by atoms with van der Waals surface area (Å²) in [5.74, 6) is -0.336. The van der Waals surface area contributed by atoms with Crippen LogP contribution in [0.4, 0.5) is 4.39 Å². The van der Waals surface area contributed by atoms with Crippen LogP contribution in [0.3, 0.4) is 0 Å². The molecule has 1 atom stereocenters. The summed E-state index contributed by atoms with van der Waals surface area (Å²) in [4.78, 5) is 11.5. The SMILES string of the molecule is CC(C)NC(=O)CCNC(C)c1ccc(F)cc1Cl. The lowest BCUT2D eigenvalue weighted by atomic mass is 10.1. The first-order chi connectivity index (χ1) is 8.90. The number of carbonyl (C=O) groups excluding carboxylic acids is 1. The van der Waals surface area contributed by atoms with Gasteiger partial charge >= 0.3 is 0 Å². The molecule has 1 aromatic carbocycles. The monoisotopic (exact) mass is 286 g/mol. The Morgan fingerprint density at radius 1 is 1.37 bits per heavy atom. The van der Waals surface area contributed by atoms with Crippen molar-refractivity contribution in [3.63, 3.8) is 0 Å². The van der Waals surface area contributed by atoms with Crippen LogP contribution in [0.15, 0.2) is 18.2 Å². The molecular weight excluding hydrogens is 267 g/mol. The zero-order chi connectivity index (χ0) is 14.4. The Bertz CT molecular complexity index is 437. The molecule has 0 aliphatic rings. The molecule has 0 aliphatic carbocycles. The minimum absolute atomic E-state index is 0.0138. The van der Waals surface area contributed by atoms with Crippen LogP contribution in [0.2, 0.25) is 5.02 Å². The van der Waals surface area contributed by atoms with E-state index in [4.69, 9.17) is 11.6 Å². The lowest BCUT2D eigenvalue weighted by Gasteiger charge is -2.16. The van der Waals surface area contributed by atoms with Crippen LogP contribution in [0, 0.1) is 5.82 Å². The number of rotatable bonds is 6. The van der Waals surface area contributed by atoms with E-state index in [1.165, 1.54) is 12.1 Å². The average Bonchev–Trinajstić information content (AvgIpc) is 2.27. The van der Waals surface area contributed by atoms with E-state index >= 15 is 0 Å². The van der Waals surface area contributed by atoms with E-state index in [1.54, 1.807) is 6.07 Å². The van der Waals surface area contributed by atoms with E-state index in [1.807, 2.05) is 20.8 Å². The van der Waals surface area contributed by atoms with Crippen LogP contribution in [-0.2, 0) is 4.79 Å². The standard InChI is InChI=1S/C14H20ClFN2O/c1-9(2)18-14(19)6-7-17-10(3)12-5-4-11(16)8-13(12)15/h4-5,8-10,17H,6-7H2,1-3H3,(H,18,19). The molecule has 0 saturated heterocycles. The molecule has 0 radical (unpaired) electrons. The first kappa shape index (κ1) is 15.9. The van der Waals surface area contributed by atoms with Gasteiger partial charge in [0.25, 0.3) is 0 Å². The van der Waals surface area contributed by atoms with Gasteiger partial charge in [-0.05, 0) is 38.5 Å². The Morgan fingerprint density at radius 2 is 2.05 bits per heavy atom. The molecule has 1 aromatic rings. The van der Waals surface area contributed by atoms with Gasteiger partial charge in [0.1, 0.15) is 5.82 Å². The highest BCUT2D eigenvalue weighted by Crippen LogP contribution is 2.23. The third kappa shape index (κ3) is 5.57. The number of hydrogen-bond acceptors (Lipinski definition) is 2. The highest BCUT2D eigenvalue weighted by Gasteiger charge is 2.10. The Morgan fingerprint density at radius 3 is 2.63 bits per heavy atom. The first-order valence-corrected chi connectivity index (χ1v) is 6.75. The van der Waals surface area contributed by atoms with Crippen LogP contribution in [0.1, 0.15) is 38.8 Å². The van der Waals surface area contributed by atoms with Crippen molar-refractivity contribution in [2.45, 2.75) is 39.3 Å². The second kappa shape index (κ2) is 7.46. The van der Waals surface area contributed by atoms with Crippen molar-refractivity contribution in [1.29, 1.82) is 0 Å².